The van der Waals surface area contributed by atoms with Gasteiger partial charge in [-0.2, -0.15) is 0 Å². The molecule has 0 saturated carbocycles. The molecule has 0 spiro atoms. The molecule has 0 radical (unpaired) electrons. The third-order valence-electron chi connectivity index (χ3n) is 7.16. The van der Waals surface area contributed by atoms with Crippen molar-refractivity contribution in [3.8, 4) is 11.4 Å². The van der Waals surface area contributed by atoms with Crippen LogP contribution >= 0.6 is 11.6 Å². The molecule has 6 heteroatoms. The summed E-state index contributed by atoms with van der Waals surface area (Å²) >= 11 is 6.12. The molecule has 0 bridgehead atoms. The maximum Gasteiger partial charge on any atom is 0.225 e. The molecule has 1 amide bonds. The van der Waals surface area contributed by atoms with Crippen molar-refractivity contribution in [2.45, 2.75) is 52.9 Å². The number of rotatable bonds is 9. The van der Waals surface area contributed by atoms with Crippen molar-refractivity contribution in [2.75, 3.05) is 31.1 Å². The number of halogens is 1. The Labute approximate surface area is 220 Å². The monoisotopic (exact) mass is 504 g/mol. The van der Waals surface area contributed by atoms with Crippen LogP contribution in [-0.2, 0) is 11.2 Å². The van der Waals surface area contributed by atoms with Gasteiger partial charge in [-0.15, -0.1) is 0 Å². The van der Waals surface area contributed by atoms with E-state index in [0.717, 1.165) is 80.9 Å². The van der Waals surface area contributed by atoms with Crippen LogP contribution in [-0.4, -0.2) is 47.0 Å². The number of unbranched alkanes of at least 4 members (excludes halogenated alkanes) is 1. The van der Waals surface area contributed by atoms with Crippen LogP contribution in [0.15, 0.2) is 54.6 Å². The Bertz CT molecular complexity index is 1140. The summed E-state index contributed by atoms with van der Waals surface area (Å²) in [6.07, 6.45) is 4.92. The van der Waals surface area contributed by atoms with Crippen molar-refractivity contribution < 1.29 is 4.79 Å². The second-order valence-corrected chi connectivity index (χ2v) is 10.1. The lowest BCUT2D eigenvalue weighted by Crippen LogP contribution is -2.51. The first-order chi connectivity index (χ1) is 17.5. The number of aryl methyl sites for hydroxylation is 1. The summed E-state index contributed by atoms with van der Waals surface area (Å²) in [5.74, 6) is 2.14. The van der Waals surface area contributed by atoms with Crippen LogP contribution in [0.4, 0.5) is 5.82 Å². The molecule has 2 heterocycles. The van der Waals surface area contributed by atoms with Crippen molar-refractivity contribution in [1.82, 2.24) is 14.9 Å². The van der Waals surface area contributed by atoms with Gasteiger partial charge in [0.15, 0.2) is 5.82 Å². The summed E-state index contributed by atoms with van der Waals surface area (Å²) in [7, 11) is 0. The number of aromatic nitrogens is 2. The topological polar surface area (TPSA) is 49.3 Å². The van der Waals surface area contributed by atoms with E-state index < -0.39 is 0 Å². The lowest BCUT2D eigenvalue weighted by Gasteiger charge is -2.38. The molecule has 1 unspecified atom stereocenters. The molecule has 1 atom stereocenters. The first-order valence-corrected chi connectivity index (χ1v) is 13.6. The van der Waals surface area contributed by atoms with E-state index in [9.17, 15) is 4.79 Å². The fourth-order valence-electron chi connectivity index (χ4n) is 4.93. The highest BCUT2D eigenvalue weighted by molar-refractivity contribution is 6.30. The molecule has 5 nitrogen and oxygen atoms in total. The molecule has 1 aliphatic rings. The highest BCUT2D eigenvalue weighted by Crippen LogP contribution is 2.29. The Morgan fingerprint density at radius 3 is 2.31 bits per heavy atom. The predicted molar refractivity (Wildman–Crippen MR) is 149 cm³/mol. The minimum Gasteiger partial charge on any atom is -0.353 e. The number of piperazine rings is 1. The zero-order chi connectivity index (χ0) is 25.5. The van der Waals surface area contributed by atoms with E-state index in [1.54, 1.807) is 0 Å². The smallest absolute Gasteiger partial charge is 0.225 e. The third kappa shape index (κ3) is 6.25. The summed E-state index contributed by atoms with van der Waals surface area (Å²) in [5, 5.41) is 0.696. The van der Waals surface area contributed by atoms with Crippen molar-refractivity contribution in [1.29, 1.82) is 0 Å². The van der Waals surface area contributed by atoms with Crippen LogP contribution < -0.4 is 4.90 Å². The second-order valence-electron chi connectivity index (χ2n) is 9.66. The number of hydrogen-bond donors (Lipinski definition) is 0. The van der Waals surface area contributed by atoms with Crippen LogP contribution in [0.3, 0.4) is 0 Å². The third-order valence-corrected chi connectivity index (χ3v) is 7.41. The van der Waals surface area contributed by atoms with Crippen molar-refractivity contribution >= 4 is 23.3 Å². The molecule has 1 aromatic heterocycles. The molecular weight excluding hydrogens is 468 g/mol. The number of hydrogen-bond acceptors (Lipinski definition) is 4. The summed E-state index contributed by atoms with van der Waals surface area (Å²) in [6.45, 7) is 9.39. The standard InChI is InChI=1S/C30H37ClN4O/c1-4-6-12-24(5-2)30(36)35-19-17-34(18-20-35)29-27(21-23-10-8-7-9-11-23)22(3)32-28(33-29)25-13-15-26(31)16-14-25/h7-11,13-16,24H,4-6,12,17-21H2,1-3H3. The first kappa shape index (κ1) is 26.2. The van der Waals surface area contributed by atoms with Crippen LogP contribution in [0.1, 0.15) is 56.4 Å². The second kappa shape index (κ2) is 12.4. The highest BCUT2D eigenvalue weighted by atomic mass is 35.5. The van der Waals surface area contributed by atoms with Gasteiger partial charge >= 0.3 is 0 Å². The van der Waals surface area contributed by atoms with Gasteiger partial charge in [0.1, 0.15) is 5.82 Å². The molecular formula is C30H37ClN4O. The average molecular weight is 505 g/mol. The molecule has 0 aliphatic carbocycles. The van der Waals surface area contributed by atoms with Gasteiger partial charge in [-0.25, -0.2) is 9.97 Å². The lowest BCUT2D eigenvalue weighted by molar-refractivity contribution is -0.136. The average Bonchev–Trinajstić information content (AvgIpc) is 2.91. The lowest BCUT2D eigenvalue weighted by atomic mass is 9.97. The van der Waals surface area contributed by atoms with E-state index in [1.165, 1.54) is 5.56 Å². The van der Waals surface area contributed by atoms with E-state index in [2.05, 4.69) is 54.8 Å². The maximum absolute atomic E-state index is 13.2. The van der Waals surface area contributed by atoms with Gasteiger partial charge in [0.2, 0.25) is 5.91 Å². The SMILES string of the molecule is CCCCC(CC)C(=O)N1CCN(c2nc(-c3ccc(Cl)cc3)nc(C)c2Cc2ccccc2)CC1. The molecule has 3 aromatic rings. The molecule has 1 saturated heterocycles. The van der Waals surface area contributed by atoms with Gasteiger partial charge in [0, 0.05) is 60.4 Å². The number of nitrogens with zero attached hydrogens (tertiary/aromatic N) is 4. The highest BCUT2D eigenvalue weighted by Gasteiger charge is 2.28. The Hall–Kier alpha value is -2.92. The molecule has 0 N–H and O–H groups in total. The summed E-state index contributed by atoms with van der Waals surface area (Å²) in [6, 6.07) is 18.2. The van der Waals surface area contributed by atoms with Gasteiger partial charge in [-0.3, -0.25) is 4.79 Å². The molecule has 2 aromatic carbocycles. The zero-order valence-electron chi connectivity index (χ0n) is 21.7. The Morgan fingerprint density at radius 1 is 0.972 bits per heavy atom. The summed E-state index contributed by atoms with van der Waals surface area (Å²) in [4.78, 5) is 27.5. The van der Waals surface area contributed by atoms with Crippen LogP contribution in [0, 0.1) is 12.8 Å². The fraction of sp³-hybridized carbons (Fsp3) is 0.433. The Kier molecular flexibility index (Phi) is 8.98. The van der Waals surface area contributed by atoms with Crippen LogP contribution in [0.25, 0.3) is 11.4 Å². The number of benzene rings is 2. The van der Waals surface area contributed by atoms with Crippen molar-refractivity contribution in [2.24, 2.45) is 5.92 Å². The van der Waals surface area contributed by atoms with E-state index in [-0.39, 0.29) is 5.92 Å². The van der Waals surface area contributed by atoms with Gasteiger partial charge in [-0.05, 0) is 49.6 Å². The molecule has 1 fully saturated rings. The number of carbonyl (C=O) groups is 1. The first-order valence-electron chi connectivity index (χ1n) is 13.2. The Morgan fingerprint density at radius 2 is 1.67 bits per heavy atom. The van der Waals surface area contributed by atoms with Gasteiger partial charge in [-0.1, -0.05) is 68.6 Å². The molecule has 36 heavy (non-hydrogen) atoms. The summed E-state index contributed by atoms with van der Waals surface area (Å²) in [5.41, 5.74) is 4.32. The van der Waals surface area contributed by atoms with Crippen molar-refractivity contribution in [3.63, 3.8) is 0 Å². The largest absolute Gasteiger partial charge is 0.353 e. The van der Waals surface area contributed by atoms with E-state index in [0.29, 0.717) is 16.8 Å². The molecule has 1 aliphatic heterocycles. The van der Waals surface area contributed by atoms with E-state index in [1.807, 2.05) is 30.3 Å². The number of amides is 1. The molecule has 190 valence electrons. The van der Waals surface area contributed by atoms with Crippen molar-refractivity contribution in [3.05, 3.63) is 76.4 Å². The number of anilines is 1. The van der Waals surface area contributed by atoms with Gasteiger partial charge < -0.3 is 9.80 Å². The van der Waals surface area contributed by atoms with Gasteiger partial charge in [0.05, 0.1) is 0 Å². The van der Waals surface area contributed by atoms with Crippen LogP contribution in [0.2, 0.25) is 5.02 Å². The Balaban J connectivity index is 1.60. The van der Waals surface area contributed by atoms with Gasteiger partial charge in [0.25, 0.3) is 0 Å². The zero-order valence-corrected chi connectivity index (χ0v) is 22.5. The van der Waals surface area contributed by atoms with Crippen LogP contribution in [0.5, 0.6) is 0 Å². The maximum atomic E-state index is 13.2. The van der Waals surface area contributed by atoms with E-state index >= 15 is 0 Å². The van der Waals surface area contributed by atoms with E-state index in [4.69, 9.17) is 21.6 Å². The minimum atomic E-state index is 0.142. The minimum absolute atomic E-state index is 0.142. The number of carbonyl (C=O) groups excluding carboxylic acids is 1. The normalized spacial score (nSPS) is 14.7. The fourth-order valence-corrected chi connectivity index (χ4v) is 5.05. The predicted octanol–water partition coefficient (Wildman–Crippen LogP) is 6.56. The quantitative estimate of drug-likeness (QED) is 0.331. The molecule has 4 rings (SSSR count). The summed E-state index contributed by atoms with van der Waals surface area (Å²) < 4.78 is 0.